The van der Waals surface area contributed by atoms with Crippen molar-refractivity contribution in [1.82, 2.24) is 4.90 Å². The molecule has 6 heteroatoms. The van der Waals surface area contributed by atoms with Crippen molar-refractivity contribution in [1.29, 1.82) is 0 Å². The molecule has 0 bridgehead atoms. The lowest BCUT2D eigenvalue weighted by Crippen LogP contribution is -2.39. The third kappa shape index (κ3) is 1.49. The van der Waals surface area contributed by atoms with Crippen molar-refractivity contribution in [2.75, 3.05) is 6.54 Å². The smallest absolute Gasteiger partial charge is 0.261 e. The molecular weight excluding hydrogens is 256 g/mol. The maximum Gasteiger partial charge on any atom is 0.261 e. The molecule has 3 rings (SSSR count). The van der Waals surface area contributed by atoms with E-state index in [0.717, 1.165) is 0 Å². The Bertz CT molecular complexity index is 784. The van der Waals surface area contributed by atoms with Crippen LogP contribution in [0.1, 0.15) is 27.6 Å². The van der Waals surface area contributed by atoms with Crippen LogP contribution in [0.25, 0.3) is 21.2 Å². The van der Waals surface area contributed by atoms with Crippen LogP contribution in [0.4, 0.5) is 5.69 Å². The topological polar surface area (TPSA) is 86.1 Å². The summed E-state index contributed by atoms with van der Waals surface area (Å²) in [6, 6.07) is 8.35. The Morgan fingerprint density at radius 3 is 2.50 bits per heavy atom. The molecule has 1 aliphatic rings. The standard InChI is InChI=1S/C14H10N4O2/c1-2-18-13(19)9-5-3-4-8-11(16-17-15)7-6-10(12(8)9)14(18)20/h3-7H,2H2,1H3. The van der Waals surface area contributed by atoms with E-state index in [0.29, 0.717) is 34.1 Å². The van der Waals surface area contributed by atoms with Gasteiger partial charge in [0.15, 0.2) is 0 Å². The number of benzene rings is 2. The van der Waals surface area contributed by atoms with Crippen molar-refractivity contribution in [2.24, 2.45) is 5.11 Å². The molecule has 2 amide bonds. The molecule has 0 aliphatic carbocycles. The van der Waals surface area contributed by atoms with E-state index in [1.807, 2.05) is 0 Å². The third-order valence-corrected chi connectivity index (χ3v) is 3.44. The molecule has 2 aromatic carbocycles. The molecule has 0 N–H and O–H groups in total. The Labute approximate surface area is 114 Å². The van der Waals surface area contributed by atoms with Gasteiger partial charge in [-0.1, -0.05) is 23.3 Å². The number of carbonyl (C=O) groups is 2. The van der Waals surface area contributed by atoms with E-state index < -0.39 is 0 Å². The van der Waals surface area contributed by atoms with Crippen molar-refractivity contribution in [3.8, 4) is 0 Å². The summed E-state index contributed by atoms with van der Waals surface area (Å²) >= 11 is 0. The van der Waals surface area contributed by atoms with E-state index in [1.54, 1.807) is 37.3 Å². The van der Waals surface area contributed by atoms with Gasteiger partial charge in [0.05, 0.1) is 0 Å². The first kappa shape index (κ1) is 12.2. The maximum atomic E-state index is 12.3. The van der Waals surface area contributed by atoms with Crippen molar-refractivity contribution in [3.05, 3.63) is 51.9 Å². The average Bonchev–Trinajstić information content (AvgIpc) is 2.46. The van der Waals surface area contributed by atoms with E-state index in [1.165, 1.54) is 4.90 Å². The number of nitrogens with zero attached hydrogens (tertiary/aromatic N) is 4. The van der Waals surface area contributed by atoms with Crippen LogP contribution < -0.4 is 0 Å². The van der Waals surface area contributed by atoms with E-state index in [4.69, 9.17) is 5.53 Å². The monoisotopic (exact) mass is 266 g/mol. The molecule has 1 heterocycles. The van der Waals surface area contributed by atoms with Gasteiger partial charge in [0.25, 0.3) is 11.8 Å². The predicted octanol–water partition coefficient (Wildman–Crippen LogP) is 3.40. The van der Waals surface area contributed by atoms with Gasteiger partial charge < -0.3 is 0 Å². The molecule has 0 saturated heterocycles. The van der Waals surface area contributed by atoms with Gasteiger partial charge in [0.1, 0.15) is 0 Å². The third-order valence-electron chi connectivity index (χ3n) is 3.44. The fourth-order valence-electron chi connectivity index (χ4n) is 2.55. The summed E-state index contributed by atoms with van der Waals surface area (Å²) in [6.07, 6.45) is 0. The Morgan fingerprint density at radius 2 is 1.85 bits per heavy atom. The number of rotatable bonds is 2. The molecule has 0 atom stereocenters. The molecule has 0 saturated carbocycles. The van der Waals surface area contributed by atoms with Gasteiger partial charge in [-0.25, -0.2) is 0 Å². The van der Waals surface area contributed by atoms with Crippen LogP contribution in [-0.2, 0) is 0 Å². The highest BCUT2D eigenvalue weighted by atomic mass is 16.2. The summed E-state index contributed by atoms with van der Waals surface area (Å²) in [7, 11) is 0. The summed E-state index contributed by atoms with van der Waals surface area (Å²) in [5.74, 6) is -0.623. The zero-order chi connectivity index (χ0) is 14.3. The van der Waals surface area contributed by atoms with Gasteiger partial charge in [-0.3, -0.25) is 14.5 Å². The van der Waals surface area contributed by atoms with Crippen LogP contribution in [0.2, 0.25) is 0 Å². The Balaban J connectivity index is 2.44. The lowest BCUT2D eigenvalue weighted by Gasteiger charge is -2.26. The Morgan fingerprint density at radius 1 is 1.15 bits per heavy atom. The molecule has 0 fully saturated rings. The quantitative estimate of drug-likeness (QED) is 0.361. The Kier molecular flexibility index (Phi) is 2.66. The second-order valence-electron chi connectivity index (χ2n) is 4.40. The lowest BCUT2D eigenvalue weighted by atomic mass is 9.93. The minimum Gasteiger partial charge on any atom is -0.275 e. The molecule has 1 aliphatic heterocycles. The first-order valence-electron chi connectivity index (χ1n) is 6.16. The fraction of sp³-hybridized carbons (Fsp3) is 0.143. The van der Waals surface area contributed by atoms with E-state index in [9.17, 15) is 9.59 Å². The van der Waals surface area contributed by atoms with Gasteiger partial charge in [-0.05, 0) is 30.0 Å². The first-order chi connectivity index (χ1) is 9.69. The highest BCUT2D eigenvalue weighted by molar-refractivity contribution is 6.26. The molecule has 6 nitrogen and oxygen atoms in total. The zero-order valence-corrected chi connectivity index (χ0v) is 10.7. The summed E-state index contributed by atoms with van der Waals surface area (Å²) in [4.78, 5) is 28.6. The largest absolute Gasteiger partial charge is 0.275 e. The van der Waals surface area contributed by atoms with Crippen molar-refractivity contribution in [3.63, 3.8) is 0 Å². The van der Waals surface area contributed by atoms with Crippen LogP contribution in [0, 0.1) is 0 Å². The zero-order valence-electron chi connectivity index (χ0n) is 10.7. The normalized spacial score (nSPS) is 13.6. The second-order valence-corrected chi connectivity index (χ2v) is 4.40. The fourth-order valence-corrected chi connectivity index (χ4v) is 2.55. The molecule has 0 unspecified atom stereocenters. The van der Waals surface area contributed by atoms with E-state index in [2.05, 4.69) is 10.0 Å². The molecule has 98 valence electrons. The SMILES string of the molecule is CCN1C(=O)c2cccc3c(N=[N+]=[N-])ccc(c23)C1=O. The second kappa shape index (κ2) is 4.36. The molecule has 0 radical (unpaired) electrons. The maximum absolute atomic E-state index is 12.3. The number of hydrogen-bond donors (Lipinski definition) is 0. The van der Waals surface area contributed by atoms with Gasteiger partial charge in [-0.2, -0.15) is 0 Å². The number of hydrogen-bond acceptors (Lipinski definition) is 3. The number of amides is 2. The minimum atomic E-state index is -0.311. The van der Waals surface area contributed by atoms with Gasteiger partial charge in [-0.15, -0.1) is 0 Å². The summed E-state index contributed by atoms with van der Waals surface area (Å²) in [6.45, 7) is 2.08. The molecule has 0 spiro atoms. The Hall–Kier alpha value is -2.85. The van der Waals surface area contributed by atoms with Crippen LogP contribution in [0.15, 0.2) is 35.4 Å². The van der Waals surface area contributed by atoms with E-state index >= 15 is 0 Å². The number of carbonyl (C=O) groups excluding carboxylic acids is 2. The van der Waals surface area contributed by atoms with Gasteiger partial charge in [0, 0.05) is 33.7 Å². The van der Waals surface area contributed by atoms with Crippen molar-refractivity contribution >= 4 is 28.3 Å². The van der Waals surface area contributed by atoms with Crippen LogP contribution >= 0.6 is 0 Å². The molecule has 20 heavy (non-hydrogen) atoms. The van der Waals surface area contributed by atoms with Crippen molar-refractivity contribution in [2.45, 2.75) is 6.92 Å². The molecule has 0 aromatic heterocycles. The average molecular weight is 266 g/mol. The van der Waals surface area contributed by atoms with Crippen LogP contribution in [0.3, 0.4) is 0 Å². The van der Waals surface area contributed by atoms with Crippen molar-refractivity contribution < 1.29 is 9.59 Å². The van der Waals surface area contributed by atoms with Crippen LogP contribution in [-0.4, -0.2) is 23.3 Å². The highest BCUT2D eigenvalue weighted by Crippen LogP contribution is 2.35. The number of azide groups is 1. The highest BCUT2D eigenvalue weighted by Gasteiger charge is 2.31. The lowest BCUT2D eigenvalue weighted by molar-refractivity contribution is 0.0619. The predicted molar refractivity (Wildman–Crippen MR) is 73.8 cm³/mol. The van der Waals surface area contributed by atoms with E-state index in [-0.39, 0.29) is 11.8 Å². The summed E-state index contributed by atoms with van der Waals surface area (Å²) < 4.78 is 0. The molecule has 2 aromatic rings. The van der Waals surface area contributed by atoms with Crippen LogP contribution in [0.5, 0.6) is 0 Å². The van der Waals surface area contributed by atoms with Gasteiger partial charge in [0.2, 0.25) is 0 Å². The first-order valence-corrected chi connectivity index (χ1v) is 6.16. The summed E-state index contributed by atoms with van der Waals surface area (Å²) in [5.41, 5.74) is 9.94. The summed E-state index contributed by atoms with van der Waals surface area (Å²) in [5, 5.41) is 4.80. The number of imide groups is 1. The minimum absolute atomic E-state index is 0.311. The molecular formula is C14H10N4O2. The van der Waals surface area contributed by atoms with Gasteiger partial charge >= 0.3 is 0 Å².